The molecule has 2 aromatic rings. The molecule has 0 radical (unpaired) electrons. The van der Waals surface area contributed by atoms with Gasteiger partial charge in [0.25, 0.3) is 5.56 Å². The Morgan fingerprint density at radius 2 is 2.20 bits per heavy atom. The molecule has 1 atom stereocenters. The van der Waals surface area contributed by atoms with Crippen molar-refractivity contribution in [2.24, 2.45) is 5.92 Å². The molecule has 0 aliphatic heterocycles. The number of thiazole rings is 1. The number of ether oxygens (including phenoxy) is 1. The summed E-state index contributed by atoms with van der Waals surface area (Å²) in [5.41, 5.74) is 0.505. The summed E-state index contributed by atoms with van der Waals surface area (Å²) < 4.78 is 6.21. The van der Waals surface area contributed by atoms with Crippen LogP contribution in [-0.2, 0) is 20.1 Å². The molecule has 2 rings (SSSR count). The summed E-state index contributed by atoms with van der Waals surface area (Å²) in [4.78, 5) is 40.7. The van der Waals surface area contributed by atoms with Crippen LogP contribution in [0.3, 0.4) is 0 Å². The molecule has 1 N–H and O–H groups in total. The largest absolute Gasteiger partial charge is 0.467 e. The summed E-state index contributed by atoms with van der Waals surface area (Å²) in [7, 11) is 1.31. The summed E-state index contributed by atoms with van der Waals surface area (Å²) in [6, 6.07) is 0.837. The molecule has 0 aliphatic carbocycles. The van der Waals surface area contributed by atoms with Crippen LogP contribution in [-0.4, -0.2) is 40.2 Å². The number of esters is 1. The molecule has 7 nitrogen and oxygen atoms in total. The highest BCUT2D eigenvalue weighted by atomic mass is 32.2. The van der Waals surface area contributed by atoms with Gasteiger partial charge in [-0.3, -0.25) is 14.0 Å². The minimum Gasteiger partial charge on any atom is -0.467 e. The van der Waals surface area contributed by atoms with E-state index >= 15 is 0 Å². The molecule has 0 aromatic carbocycles. The van der Waals surface area contributed by atoms with E-state index < -0.39 is 12.0 Å². The molecule has 0 saturated carbocycles. The van der Waals surface area contributed by atoms with E-state index in [1.54, 1.807) is 11.6 Å². The number of rotatable bonds is 8. The highest BCUT2D eigenvalue weighted by Crippen LogP contribution is 2.13. The number of carbonyl (C=O) groups is 2. The normalized spacial score (nSPS) is 12.3. The minimum absolute atomic E-state index is 0.131. The fourth-order valence-corrected chi connectivity index (χ4v) is 3.74. The quantitative estimate of drug-likeness (QED) is 0.698. The minimum atomic E-state index is -0.636. The lowest BCUT2D eigenvalue weighted by Gasteiger charge is -2.18. The van der Waals surface area contributed by atoms with Gasteiger partial charge in [0, 0.05) is 23.4 Å². The van der Waals surface area contributed by atoms with Gasteiger partial charge in [-0.25, -0.2) is 9.78 Å². The number of nitrogens with one attached hydrogen (secondary N) is 1. The number of hydrogen-bond acceptors (Lipinski definition) is 7. The van der Waals surface area contributed by atoms with E-state index in [0.29, 0.717) is 22.8 Å². The Kier molecular flexibility index (Phi) is 7.01. The van der Waals surface area contributed by atoms with Gasteiger partial charge in [0.05, 0.1) is 18.6 Å². The number of methoxy groups -OCH3 is 1. The molecule has 0 fully saturated rings. The van der Waals surface area contributed by atoms with Crippen LogP contribution in [0.5, 0.6) is 0 Å². The lowest BCUT2D eigenvalue weighted by Crippen LogP contribution is -2.43. The molecule has 0 spiro atoms. The number of nitrogens with zero attached hydrogens (tertiary/aromatic N) is 2. The average molecular weight is 383 g/mol. The molecule has 25 heavy (non-hydrogen) atoms. The molecule has 2 heterocycles. The smallest absolute Gasteiger partial charge is 0.328 e. The maximum atomic E-state index is 12.1. The SMILES string of the molecule is COC(=O)C(CC(C)C)NC(=O)CSCc1cc(=O)n2ccsc2n1. The Labute approximate surface area is 153 Å². The number of aromatic nitrogens is 2. The van der Waals surface area contributed by atoms with Gasteiger partial charge in [0.1, 0.15) is 6.04 Å². The van der Waals surface area contributed by atoms with E-state index in [-0.39, 0.29) is 23.1 Å². The van der Waals surface area contributed by atoms with Gasteiger partial charge in [-0.2, -0.15) is 0 Å². The summed E-state index contributed by atoms with van der Waals surface area (Å²) in [5.74, 6) is 0.202. The number of thioether (sulfide) groups is 1. The van der Waals surface area contributed by atoms with Gasteiger partial charge >= 0.3 is 5.97 Å². The molecular weight excluding hydrogens is 362 g/mol. The second kappa shape index (κ2) is 9.00. The fourth-order valence-electron chi connectivity index (χ4n) is 2.27. The zero-order valence-corrected chi connectivity index (χ0v) is 16.0. The molecular formula is C16H21N3O4S2. The first-order chi connectivity index (χ1) is 11.9. The second-order valence-corrected chi connectivity index (χ2v) is 7.77. The van der Waals surface area contributed by atoms with Crippen LogP contribution < -0.4 is 10.9 Å². The molecule has 2 aromatic heterocycles. The van der Waals surface area contributed by atoms with E-state index in [0.717, 1.165) is 0 Å². The third kappa shape index (κ3) is 5.57. The number of hydrogen-bond donors (Lipinski definition) is 1. The van der Waals surface area contributed by atoms with Crippen LogP contribution in [0.15, 0.2) is 22.4 Å². The standard InChI is InChI=1S/C16H21N3O4S2/c1-10(2)6-12(15(22)23-3)18-13(20)9-24-8-11-7-14(21)19-4-5-25-16(19)17-11/h4-5,7,10,12H,6,8-9H2,1-3H3,(H,18,20). The summed E-state index contributed by atoms with van der Waals surface area (Å²) in [6.45, 7) is 3.95. The Hall–Kier alpha value is -1.87. The van der Waals surface area contributed by atoms with Gasteiger partial charge in [-0.05, 0) is 12.3 Å². The lowest BCUT2D eigenvalue weighted by atomic mass is 10.0. The molecule has 0 bridgehead atoms. The Balaban J connectivity index is 1.88. The first kappa shape index (κ1) is 19.5. The molecule has 1 unspecified atom stereocenters. The maximum absolute atomic E-state index is 12.1. The van der Waals surface area contributed by atoms with E-state index in [1.165, 1.54) is 40.7 Å². The first-order valence-corrected chi connectivity index (χ1v) is 9.85. The van der Waals surface area contributed by atoms with Crippen molar-refractivity contribution < 1.29 is 14.3 Å². The Morgan fingerprint density at radius 3 is 2.88 bits per heavy atom. The maximum Gasteiger partial charge on any atom is 0.328 e. The van der Waals surface area contributed by atoms with Crippen molar-refractivity contribution in [2.75, 3.05) is 12.9 Å². The van der Waals surface area contributed by atoms with Gasteiger partial charge in [0.2, 0.25) is 5.91 Å². The molecule has 1 amide bonds. The number of fused-ring (bicyclic) bond motifs is 1. The fraction of sp³-hybridized carbons (Fsp3) is 0.500. The van der Waals surface area contributed by atoms with Gasteiger partial charge in [-0.1, -0.05) is 13.8 Å². The first-order valence-electron chi connectivity index (χ1n) is 7.81. The predicted octanol–water partition coefficient (Wildman–Crippen LogP) is 1.69. The average Bonchev–Trinajstić information content (AvgIpc) is 3.02. The highest BCUT2D eigenvalue weighted by molar-refractivity contribution is 7.99. The van der Waals surface area contributed by atoms with E-state index in [2.05, 4.69) is 10.3 Å². The zero-order chi connectivity index (χ0) is 18.4. The van der Waals surface area contributed by atoms with Crippen LogP contribution in [0.1, 0.15) is 26.0 Å². The zero-order valence-electron chi connectivity index (χ0n) is 14.4. The van der Waals surface area contributed by atoms with Crippen molar-refractivity contribution in [3.05, 3.63) is 33.7 Å². The van der Waals surface area contributed by atoms with Crippen molar-refractivity contribution >= 4 is 39.9 Å². The highest BCUT2D eigenvalue weighted by Gasteiger charge is 2.22. The Morgan fingerprint density at radius 1 is 1.44 bits per heavy atom. The monoisotopic (exact) mass is 383 g/mol. The topological polar surface area (TPSA) is 89.8 Å². The van der Waals surface area contributed by atoms with Crippen LogP contribution in [0.2, 0.25) is 0 Å². The van der Waals surface area contributed by atoms with Gasteiger partial charge in [-0.15, -0.1) is 23.1 Å². The molecule has 0 aliphatic rings. The van der Waals surface area contributed by atoms with Crippen LogP contribution in [0, 0.1) is 5.92 Å². The van der Waals surface area contributed by atoms with E-state index in [4.69, 9.17) is 4.74 Å². The van der Waals surface area contributed by atoms with Crippen molar-refractivity contribution in [3.63, 3.8) is 0 Å². The molecule has 136 valence electrons. The molecule has 9 heteroatoms. The Bertz CT molecular complexity index is 800. The number of amides is 1. The summed E-state index contributed by atoms with van der Waals surface area (Å²) >= 11 is 2.73. The van der Waals surface area contributed by atoms with Crippen LogP contribution in [0.25, 0.3) is 4.96 Å². The number of carbonyl (C=O) groups excluding carboxylic acids is 2. The summed E-state index contributed by atoms with van der Waals surface area (Å²) in [5, 5.41) is 4.51. The summed E-state index contributed by atoms with van der Waals surface area (Å²) in [6.07, 6.45) is 2.21. The van der Waals surface area contributed by atoms with E-state index in [1.807, 2.05) is 13.8 Å². The predicted molar refractivity (Wildman–Crippen MR) is 98.9 cm³/mol. The third-order valence-electron chi connectivity index (χ3n) is 3.37. The lowest BCUT2D eigenvalue weighted by molar-refractivity contribution is -0.145. The van der Waals surface area contributed by atoms with Crippen molar-refractivity contribution in [2.45, 2.75) is 32.1 Å². The third-order valence-corrected chi connectivity index (χ3v) is 5.09. The van der Waals surface area contributed by atoms with Crippen molar-refractivity contribution in [1.29, 1.82) is 0 Å². The van der Waals surface area contributed by atoms with E-state index in [9.17, 15) is 14.4 Å². The van der Waals surface area contributed by atoms with Gasteiger partial charge < -0.3 is 10.1 Å². The molecule has 0 saturated heterocycles. The van der Waals surface area contributed by atoms with Gasteiger partial charge in [0.15, 0.2) is 4.96 Å². The van der Waals surface area contributed by atoms with Crippen LogP contribution >= 0.6 is 23.1 Å². The van der Waals surface area contributed by atoms with Crippen LogP contribution in [0.4, 0.5) is 0 Å². The van der Waals surface area contributed by atoms with Crippen molar-refractivity contribution in [1.82, 2.24) is 14.7 Å². The van der Waals surface area contributed by atoms with Crippen molar-refractivity contribution in [3.8, 4) is 0 Å². The second-order valence-electron chi connectivity index (χ2n) is 5.91.